The molecule has 220 valence electrons. The first-order chi connectivity index (χ1) is 17.9. The number of carbonyl (C=O) groups excluding carboxylic acids is 2. The van der Waals surface area contributed by atoms with Crippen molar-refractivity contribution < 1.29 is 39.3 Å². The van der Waals surface area contributed by atoms with Crippen molar-refractivity contribution in [2.75, 3.05) is 0 Å². The molecule has 0 heterocycles. The molecule has 38 heavy (non-hydrogen) atoms. The molecule has 2 atom stereocenters. The van der Waals surface area contributed by atoms with E-state index in [0.29, 0.717) is 6.42 Å². The highest BCUT2D eigenvalue weighted by atomic mass is 16.4. The molecular formula is C27H49N3O8. The Morgan fingerprint density at radius 3 is 1.63 bits per heavy atom. The van der Waals surface area contributed by atoms with Crippen LogP contribution in [0.2, 0.25) is 0 Å². The molecule has 0 unspecified atom stereocenters. The molecule has 0 spiro atoms. The largest absolute Gasteiger partial charge is 0.481 e. The number of carbonyl (C=O) groups is 5. The summed E-state index contributed by atoms with van der Waals surface area (Å²) >= 11 is 0. The Morgan fingerprint density at radius 1 is 0.684 bits per heavy atom. The Balaban J connectivity index is 4.43. The number of Topliss-reactive ketones (excluding diaryl/α,β-unsaturated/α-hetero) is 1. The topological polar surface area (TPSA) is 210 Å². The molecule has 0 rings (SSSR count). The van der Waals surface area contributed by atoms with E-state index < -0.39 is 47.2 Å². The first-order valence-corrected chi connectivity index (χ1v) is 14.0. The van der Waals surface area contributed by atoms with Gasteiger partial charge in [0.2, 0.25) is 5.91 Å². The van der Waals surface area contributed by atoms with Gasteiger partial charge in [0.15, 0.2) is 5.66 Å². The minimum atomic E-state index is -2.42. The quantitative estimate of drug-likeness (QED) is 0.0727. The lowest BCUT2D eigenvalue weighted by Crippen LogP contribution is -2.63. The zero-order chi connectivity index (χ0) is 29.0. The van der Waals surface area contributed by atoms with E-state index in [4.69, 9.17) is 16.6 Å². The van der Waals surface area contributed by atoms with E-state index in [2.05, 4.69) is 12.2 Å². The van der Waals surface area contributed by atoms with Crippen LogP contribution in [0.15, 0.2) is 0 Å². The van der Waals surface area contributed by atoms with Crippen LogP contribution in [0.5, 0.6) is 0 Å². The first kappa shape index (κ1) is 35.5. The molecule has 0 saturated carbocycles. The highest BCUT2D eigenvalue weighted by Crippen LogP contribution is 2.22. The van der Waals surface area contributed by atoms with Crippen LogP contribution in [0.4, 0.5) is 0 Å². The summed E-state index contributed by atoms with van der Waals surface area (Å²) in [6, 6.07) is -1.32. The standard InChI is InChI=1S/C27H49N3O8/c1-2-3-4-5-6-7-8-9-10-11-12-13-16-23(32)30-21(25(35)36)18-19-22(31)20(15-14-17-24(33)34)27(28,29)26(37)38/h20-21H,2-19,28-29H2,1H3,(H,30,32)(H,33,34)(H,35,36)(H,37,38)/t20-,21-/m1/s1. The maximum atomic E-state index is 12.7. The Hall–Kier alpha value is -2.53. The SMILES string of the molecule is CCCCCCCCCCCCCCC(=O)N[C@H](CCC(=O)[C@@H](CCCC(=O)O)C(N)(N)C(=O)O)C(=O)O. The van der Waals surface area contributed by atoms with Gasteiger partial charge in [0, 0.05) is 19.3 Å². The predicted octanol–water partition coefficient (Wildman–Crippen LogP) is 3.57. The lowest BCUT2D eigenvalue weighted by molar-refractivity contribution is -0.149. The van der Waals surface area contributed by atoms with Crippen molar-refractivity contribution in [3.63, 3.8) is 0 Å². The Morgan fingerprint density at radius 2 is 1.18 bits per heavy atom. The van der Waals surface area contributed by atoms with Crippen molar-refractivity contribution in [1.82, 2.24) is 5.32 Å². The summed E-state index contributed by atoms with van der Waals surface area (Å²) in [4.78, 5) is 58.8. The number of unbranched alkanes of at least 4 members (excludes halogenated alkanes) is 11. The summed E-state index contributed by atoms with van der Waals surface area (Å²) in [7, 11) is 0. The fourth-order valence-electron chi connectivity index (χ4n) is 4.38. The van der Waals surface area contributed by atoms with E-state index in [1.54, 1.807) is 0 Å². The minimum Gasteiger partial charge on any atom is -0.481 e. The third-order valence-electron chi connectivity index (χ3n) is 6.79. The van der Waals surface area contributed by atoms with Gasteiger partial charge in [-0.3, -0.25) is 14.4 Å². The van der Waals surface area contributed by atoms with Crippen LogP contribution in [0, 0.1) is 5.92 Å². The summed E-state index contributed by atoms with van der Waals surface area (Å²) in [5.74, 6) is -6.57. The molecule has 0 aliphatic heterocycles. The molecule has 8 N–H and O–H groups in total. The normalized spacial score (nSPS) is 13.0. The summed E-state index contributed by atoms with van der Waals surface area (Å²) in [5, 5.41) is 30.0. The highest BCUT2D eigenvalue weighted by Gasteiger charge is 2.42. The van der Waals surface area contributed by atoms with Crippen molar-refractivity contribution in [2.24, 2.45) is 17.4 Å². The van der Waals surface area contributed by atoms with Crippen LogP contribution in [0.3, 0.4) is 0 Å². The molecule has 11 nitrogen and oxygen atoms in total. The number of nitrogens with one attached hydrogen (secondary N) is 1. The highest BCUT2D eigenvalue weighted by molar-refractivity contribution is 5.91. The molecule has 0 aliphatic rings. The van der Waals surface area contributed by atoms with Gasteiger partial charge in [-0.2, -0.15) is 0 Å². The van der Waals surface area contributed by atoms with E-state index in [0.717, 1.165) is 19.3 Å². The number of hydrogen-bond acceptors (Lipinski definition) is 7. The van der Waals surface area contributed by atoms with E-state index in [1.165, 1.54) is 51.4 Å². The lowest BCUT2D eigenvalue weighted by atomic mass is 9.83. The van der Waals surface area contributed by atoms with Gasteiger partial charge in [-0.1, -0.05) is 77.6 Å². The fraction of sp³-hybridized carbons (Fsp3) is 0.815. The number of rotatable bonds is 25. The van der Waals surface area contributed by atoms with Gasteiger partial charge in [-0.15, -0.1) is 0 Å². The van der Waals surface area contributed by atoms with Crippen molar-refractivity contribution in [3.8, 4) is 0 Å². The average molecular weight is 544 g/mol. The minimum absolute atomic E-state index is 0.0205. The second-order valence-corrected chi connectivity index (χ2v) is 10.2. The van der Waals surface area contributed by atoms with Gasteiger partial charge in [-0.25, -0.2) is 9.59 Å². The molecule has 11 heteroatoms. The Kier molecular flexibility index (Phi) is 19.1. The Labute approximate surface area is 226 Å². The molecule has 0 aromatic carbocycles. The summed E-state index contributed by atoms with van der Waals surface area (Å²) < 4.78 is 0. The summed E-state index contributed by atoms with van der Waals surface area (Å²) in [6.45, 7) is 2.21. The van der Waals surface area contributed by atoms with Gasteiger partial charge in [-0.05, 0) is 25.7 Å². The second kappa shape index (κ2) is 20.4. The molecular weight excluding hydrogens is 494 g/mol. The van der Waals surface area contributed by atoms with Crippen LogP contribution in [-0.2, 0) is 24.0 Å². The van der Waals surface area contributed by atoms with Crippen LogP contribution in [0.1, 0.15) is 122 Å². The van der Waals surface area contributed by atoms with Crippen LogP contribution < -0.4 is 16.8 Å². The molecule has 0 fully saturated rings. The number of nitrogens with two attached hydrogens (primary N) is 2. The number of aliphatic carboxylic acids is 3. The predicted molar refractivity (Wildman–Crippen MR) is 143 cm³/mol. The van der Waals surface area contributed by atoms with Gasteiger partial charge in [0.25, 0.3) is 0 Å². The maximum absolute atomic E-state index is 12.7. The van der Waals surface area contributed by atoms with Crippen molar-refractivity contribution in [2.45, 2.75) is 134 Å². The van der Waals surface area contributed by atoms with E-state index >= 15 is 0 Å². The Bertz CT molecular complexity index is 742. The average Bonchev–Trinajstić information content (AvgIpc) is 2.84. The monoisotopic (exact) mass is 543 g/mol. The van der Waals surface area contributed by atoms with Crippen LogP contribution in [-0.4, -0.2) is 56.6 Å². The van der Waals surface area contributed by atoms with E-state index in [-0.39, 0.29) is 38.5 Å². The molecule has 0 aromatic rings. The molecule has 1 amide bonds. The first-order valence-electron chi connectivity index (χ1n) is 14.0. The van der Waals surface area contributed by atoms with Crippen LogP contribution in [0.25, 0.3) is 0 Å². The molecule has 0 saturated heterocycles. The van der Waals surface area contributed by atoms with E-state index in [9.17, 15) is 34.2 Å². The van der Waals surface area contributed by atoms with Gasteiger partial charge in [0.05, 0.1) is 5.92 Å². The third-order valence-corrected chi connectivity index (χ3v) is 6.79. The van der Waals surface area contributed by atoms with Gasteiger partial charge >= 0.3 is 17.9 Å². The molecule has 0 aliphatic carbocycles. The second-order valence-electron chi connectivity index (χ2n) is 10.2. The number of carboxylic acids is 3. The summed E-state index contributed by atoms with van der Waals surface area (Å²) in [5.41, 5.74) is 8.83. The van der Waals surface area contributed by atoms with Crippen molar-refractivity contribution in [1.29, 1.82) is 0 Å². The van der Waals surface area contributed by atoms with E-state index in [1.807, 2.05) is 0 Å². The van der Waals surface area contributed by atoms with Crippen molar-refractivity contribution in [3.05, 3.63) is 0 Å². The number of ketones is 1. The zero-order valence-electron chi connectivity index (χ0n) is 22.9. The summed E-state index contributed by atoms with van der Waals surface area (Å²) in [6.07, 6.45) is 12.9. The number of amides is 1. The zero-order valence-corrected chi connectivity index (χ0v) is 22.9. The van der Waals surface area contributed by atoms with Crippen molar-refractivity contribution >= 4 is 29.6 Å². The molecule has 0 radical (unpaired) electrons. The number of hydrogen-bond donors (Lipinski definition) is 6. The van der Waals surface area contributed by atoms with Gasteiger partial charge < -0.3 is 32.1 Å². The molecule has 0 aromatic heterocycles. The molecule has 0 bridgehead atoms. The maximum Gasteiger partial charge on any atom is 0.339 e. The fourth-order valence-corrected chi connectivity index (χ4v) is 4.38. The number of carboxylic acid groups (broad SMARTS) is 3. The lowest BCUT2D eigenvalue weighted by Gasteiger charge is -2.29. The third kappa shape index (κ3) is 16.3. The van der Waals surface area contributed by atoms with Gasteiger partial charge in [0.1, 0.15) is 11.8 Å². The smallest absolute Gasteiger partial charge is 0.339 e. The van der Waals surface area contributed by atoms with Crippen LogP contribution >= 0.6 is 0 Å².